The van der Waals surface area contributed by atoms with Gasteiger partial charge >= 0.3 is 0 Å². The Morgan fingerprint density at radius 1 is 1.38 bits per heavy atom. The molecule has 1 rings (SSSR count). The highest BCUT2D eigenvalue weighted by atomic mass is 79.9. The van der Waals surface area contributed by atoms with E-state index in [1.807, 2.05) is 0 Å². The van der Waals surface area contributed by atoms with E-state index in [0.29, 0.717) is 0 Å². The summed E-state index contributed by atoms with van der Waals surface area (Å²) in [5.41, 5.74) is 0. The molecule has 1 aliphatic heterocycles. The van der Waals surface area contributed by atoms with Gasteiger partial charge in [0.25, 0.3) is 0 Å². The van der Waals surface area contributed by atoms with Gasteiger partial charge in [-0.25, -0.2) is 0 Å². The normalized spacial score (nSPS) is 21.2. The van der Waals surface area contributed by atoms with E-state index in [0.717, 1.165) is 11.2 Å². The third kappa shape index (κ3) is 4.43. The molecule has 0 aromatic carbocycles. The number of hydrogen-bond acceptors (Lipinski definition) is 2. The average molecular weight is 249 g/mol. The second kappa shape index (κ2) is 5.99. The molecule has 0 saturated carbocycles. The van der Waals surface area contributed by atoms with Gasteiger partial charge in [-0.05, 0) is 45.9 Å². The van der Waals surface area contributed by atoms with E-state index in [9.17, 15) is 0 Å². The van der Waals surface area contributed by atoms with Gasteiger partial charge in [0, 0.05) is 18.4 Å². The molecule has 0 amide bonds. The van der Waals surface area contributed by atoms with Gasteiger partial charge in [0.05, 0.1) is 0 Å². The SMILES string of the molecule is CN1CCC(CN(C)CCBr)CC1. The van der Waals surface area contributed by atoms with Gasteiger partial charge < -0.3 is 9.80 Å². The number of likely N-dealkylation sites (tertiary alicyclic amines) is 1. The maximum Gasteiger partial charge on any atom is 0.0159 e. The van der Waals surface area contributed by atoms with E-state index in [2.05, 4.69) is 39.8 Å². The van der Waals surface area contributed by atoms with Gasteiger partial charge in [-0.3, -0.25) is 0 Å². The van der Waals surface area contributed by atoms with Crippen LogP contribution in [0.5, 0.6) is 0 Å². The summed E-state index contributed by atoms with van der Waals surface area (Å²) in [4.78, 5) is 4.87. The van der Waals surface area contributed by atoms with E-state index in [-0.39, 0.29) is 0 Å². The highest BCUT2D eigenvalue weighted by Gasteiger charge is 2.17. The van der Waals surface area contributed by atoms with Crippen LogP contribution in [-0.2, 0) is 0 Å². The molecule has 0 atom stereocenters. The molecule has 1 heterocycles. The van der Waals surface area contributed by atoms with Crippen LogP contribution in [0.15, 0.2) is 0 Å². The summed E-state index contributed by atoms with van der Waals surface area (Å²) in [7, 11) is 4.44. The van der Waals surface area contributed by atoms with Crippen LogP contribution in [0.4, 0.5) is 0 Å². The molecule has 0 N–H and O–H groups in total. The highest BCUT2D eigenvalue weighted by Crippen LogP contribution is 2.16. The number of alkyl halides is 1. The van der Waals surface area contributed by atoms with Gasteiger partial charge in [0.2, 0.25) is 0 Å². The molecular formula is C10H21BrN2. The minimum atomic E-state index is 0.931. The van der Waals surface area contributed by atoms with Gasteiger partial charge in [0.1, 0.15) is 0 Å². The van der Waals surface area contributed by atoms with Crippen molar-refractivity contribution in [1.29, 1.82) is 0 Å². The maximum atomic E-state index is 3.47. The largest absolute Gasteiger partial charge is 0.306 e. The summed E-state index contributed by atoms with van der Waals surface area (Å²) in [5, 5.41) is 1.09. The van der Waals surface area contributed by atoms with Crippen molar-refractivity contribution in [2.45, 2.75) is 12.8 Å². The molecule has 0 aliphatic carbocycles. The lowest BCUT2D eigenvalue weighted by atomic mass is 9.97. The predicted molar refractivity (Wildman–Crippen MR) is 61.5 cm³/mol. The van der Waals surface area contributed by atoms with Crippen molar-refractivity contribution in [3.8, 4) is 0 Å². The summed E-state index contributed by atoms with van der Waals surface area (Å²) >= 11 is 3.47. The molecular weight excluding hydrogens is 228 g/mol. The summed E-state index contributed by atoms with van der Waals surface area (Å²) in [5.74, 6) is 0.931. The third-order valence-electron chi connectivity index (χ3n) is 2.87. The zero-order valence-electron chi connectivity index (χ0n) is 8.80. The first-order valence-corrected chi connectivity index (χ1v) is 6.27. The van der Waals surface area contributed by atoms with E-state index >= 15 is 0 Å². The first-order valence-electron chi connectivity index (χ1n) is 5.15. The Morgan fingerprint density at radius 3 is 2.54 bits per heavy atom. The molecule has 13 heavy (non-hydrogen) atoms. The number of nitrogens with zero attached hydrogens (tertiary/aromatic N) is 2. The lowest BCUT2D eigenvalue weighted by molar-refractivity contribution is 0.180. The molecule has 1 fully saturated rings. The Balaban J connectivity index is 2.14. The van der Waals surface area contributed by atoms with Crippen LogP contribution in [0.25, 0.3) is 0 Å². The van der Waals surface area contributed by atoms with Gasteiger partial charge in [-0.15, -0.1) is 0 Å². The van der Waals surface area contributed by atoms with Crippen LogP contribution in [0.1, 0.15) is 12.8 Å². The molecule has 0 radical (unpaired) electrons. The van der Waals surface area contributed by atoms with E-state index in [4.69, 9.17) is 0 Å². The Labute approximate surface area is 90.4 Å². The number of piperidine rings is 1. The predicted octanol–water partition coefficient (Wildman–Crippen LogP) is 1.65. The molecule has 0 spiro atoms. The van der Waals surface area contributed by atoms with Crippen molar-refractivity contribution in [3.63, 3.8) is 0 Å². The maximum absolute atomic E-state index is 3.47. The first kappa shape index (κ1) is 11.5. The lowest BCUT2D eigenvalue weighted by Gasteiger charge is -2.31. The Bertz CT molecular complexity index is 133. The van der Waals surface area contributed by atoms with Gasteiger partial charge in [0.15, 0.2) is 0 Å². The topological polar surface area (TPSA) is 6.48 Å². The van der Waals surface area contributed by atoms with Crippen molar-refractivity contribution in [2.75, 3.05) is 45.6 Å². The monoisotopic (exact) mass is 248 g/mol. The van der Waals surface area contributed by atoms with Crippen LogP contribution in [-0.4, -0.2) is 55.4 Å². The van der Waals surface area contributed by atoms with Crippen LogP contribution in [0.3, 0.4) is 0 Å². The minimum Gasteiger partial charge on any atom is -0.306 e. The zero-order valence-corrected chi connectivity index (χ0v) is 10.4. The van der Waals surface area contributed by atoms with Gasteiger partial charge in [-0.1, -0.05) is 15.9 Å². The Morgan fingerprint density at radius 2 is 2.00 bits per heavy atom. The second-order valence-corrected chi connectivity index (χ2v) is 4.99. The van der Waals surface area contributed by atoms with E-state index in [1.54, 1.807) is 0 Å². The molecule has 2 nitrogen and oxygen atoms in total. The number of rotatable bonds is 4. The van der Waals surface area contributed by atoms with Crippen LogP contribution in [0, 0.1) is 5.92 Å². The van der Waals surface area contributed by atoms with Crippen molar-refractivity contribution < 1.29 is 0 Å². The summed E-state index contributed by atoms with van der Waals surface area (Å²) < 4.78 is 0. The summed E-state index contributed by atoms with van der Waals surface area (Å²) in [6.45, 7) is 5.02. The van der Waals surface area contributed by atoms with Gasteiger partial charge in [-0.2, -0.15) is 0 Å². The minimum absolute atomic E-state index is 0.931. The molecule has 0 bridgehead atoms. The second-order valence-electron chi connectivity index (χ2n) is 4.20. The fraction of sp³-hybridized carbons (Fsp3) is 1.00. The zero-order chi connectivity index (χ0) is 9.68. The van der Waals surface area contributed by atoms with Crippen molar-refractivity contribution in [2.24, 2.45) is 5.92 Å². The van der Waals surface area contributed by atoms with Crippen molar-refractivity contribution in [1.82, 2.24) is 9.80 Å². The fourth-order valence-electron chi connectivity index (χ4n) is 1.92. The van der Waals surface area contributed by atoms with E-state index in [1.165, 1.54) is 39.0 Å². The molecule has 0 unspecified atom stereocenters. The average Bonchev–Trinajstić information content (AvgIpc) is 2.09. The van der Waals surface area contributed by atoms with Crippen molar-refractivity contribution in [3.05, 3.63) is 0 Å². The Kier molecular flexibility index (Phi) is 5.29. The molecule has 0 aromatic heterocycles. The van der Waals surface area contributed by atoms with E-state index < -0.39 is 0 Å². The first-order chi connectivity index (χ1) is 6.22. The quantitative estimate of drug-likeness (QED) is 0.699. The van der Waals surface area contributed by atoms with Crippen molar-refractivity contribution >= 4 is 15.9 Å². The molecule has 3 heteroatoms. The van der Waals surface area contributed by atoms with Crippen LogP contribution < -0.4 is 0 Å². The van der Waals surface area contributed by atoms with Crippen LogP contribution >= 0.6 is 15.9 Å². The third-order valence-corrected chi connectivity index (χ3v) is 3.23. The Hall–Kier alpha value is 0.400. The fourth-order valence-corrected chi connectivity index (χ4v) is 2.53. The standard InChI is InChI=1S/C10H21BrN2/c1-12-6-3-10(4-7-12)9-13(2)8-5-11/h10H,3-9H2,1-2H3. The smallest absolute Gasteiger partial charge is 0.0159 e. The highest BCUT2D eigenvalue weighted by molar-refractivity contribution is 9.09. The molecule has 0 aromatic rings. The summed E-state index contributed by atoms with van der Waals surface area (Å²) in [6.07, 6.45) is 2.76. The number of hydrogen-bond donors (Lipinski definition) is 0. The summed E-state index contributed by atoms with van der Waals surface area (Å²) in [6, 6.07) is 0. The number of halogens is 1. The molecule has 78 valence electrons. The van der Waals surface area contributed by atoms with Crippen LogP contribution in [0.2, 0.25) is 0 Å². The lowest BCUT2D eigenvalue weighted by Crippen LogP contribution is -2.36. The molecule has 1 saturated heterocycles. The molecule has 1 aliphatic rings.